The minimum absolute atomic E-state index is 0.113. The maximum atomic E-state index is 11.6. The molecule has 0 bridgehead atoms. The van der Waals surface area contributed by atoms with Gasteiger partial charge in [-0.05, 0) is 37.5 Å². The standard InChI is InChI=1S/C13H18ClN3O/c1-16-13(18)8-2-5-11(14)12(6-8)17-10-4-3-9(15)7-10/h2,5-6,9-10,17H,3-4,7,15H2,1H3,(H,16,18). The van der Waals surface area contributed by atoms with Gasteiger partial charge in [-0.15, -0.1) is 0 Å². The van der Waals surface area contributed by atoms with Crippen molar-refractivity contribution < 1.29 is 4.79 Å². The smallest absolute Gasteiger partial charge is 0.251 e. The summed E-state index contributed by atoms with van der Waals surface area (Å²) in [7, 11) is 1.61. The van der Waals surface area contributed by atoms with Crippen molar-refractivity contribution >= 4 is 23.2 Å². The van der Waals surface area contributed by atoms with Gasteiger partial charge in [-0.3, -0.25) is 4.79 Å². The molecule has 2 atom stereocenters. The van der Waals surface area contributed by atoms with Gasteiger partial charge in [0.1, 0.15) is 0 Å². The summed E-state index contributed by atoms with van der Waals surface area (Å²) in [4.78, 5) is 11.6. The highest BCUT2D eigenvalue weighted by atomic mass is 35.5. The largest absolute Gasteiger partial charge is 0.381 e. The van der Waals surface area contributed by atoms with Crippen LogP contribution >= 0.6 is 11.6 Å². The van der Waals surface area contributed by atoms with Crippen LogP contribution in [0.2, 0.25) is 5.02 Å². The van der Waals surface area contributed by atoms with Gasteiger partial charge in [0.05, 0.1) is 10.7 Å². The lowest BCUT2D eigenvalue weighted by atomic mass is 10.1. The van der Waals surface area contributed by atoms with Crippen molar-refractivity contribution in [1.29, 1.82) is 0 Å². The first kappa shape index (κ1) is 13.2. The predicted octanol–water partition coefficient (Wildman–Crippen LogP) is 1.99. The summed E-state index contributed by atoms with van der Waals surface area (Å²) in [6.07, 6.45) is 3.02. The SMILES string of the molecule is CNC(=O)c1ccc(Cl)c(NC2CCC(N)C2)c1. The quantitative estimate of drug-likeness (QED) is 0.785. The Morgan fingerprint density at radius 2 is 2.22 bits per heavy atom. The molecule has 5 heteroatoms. The van der Waals surface area contributed by atoms with Crippen LogP contribution in [-0.2, 0) is 0 Å². The van der Waals surface area contributed by atoms with Crippen LogP contribution in [0.4, 0.5) is 5.69 Å². The van der Waals surface area contributed by atoms with Gasteiger partial charge in [0.2, 0.25) is 0 Å². The predicted molar refractivity (Wildman–Crippen MR) is 74.1 cm³/mol. The van der Waals surface area contributed by atoms with E-state index in [2.05, 4.69) is 10.6 Å². The van der Waals surface area contributed by atoms with Crippen molar-refractivity contribution in [3.63, 3.8) is 0 Å². The molecule has 0 aliphatic heterocycles. The zero-order valence-corrected chi connectivity index (χ0v) is 11.1. The topological polar surface area (TPSA) is 67.2 Å². The van der Waals surface area contributed by atoms with Crippen molar-refractivity contribution in [2.45, 2.75) is 31.3 Å². The number of hydrogen-bond donors (Lipinski definition) is 3. The van der Waals surface area contributed by atoms with Crippen LogP contribution in [0.1, 0.15) is 29.6 Å². The number of carbonyl (C=O) groups excluding carboxylic acids is 1. The number of carbonyl (C=O) groups is 1. The van der Waals surface area contributed by atoms with Crippen LogP contribution in [-0.4, -0.2) is 25.0 Å². The zero-order chi connectivity index (χ0) is 13.1. The molecule has 1 aromatic carbocycles. The second kappa shape index (κ2) is 5.59. The van der Waals surface area contributed by atoms with Crippen LogP contribution in [0.15, 0.2) is 18.2 Å². The Labute approximate surface area is 112 Å². The van der Waals surface area contributed by atoms with Gasteiger partial charge >= 0.3 is 0 Å². The molecule has 0 heterocycles. The van der Waals surface area contributed by atoms with Crippen molar-refractivity contribution in [3.8, 4) is 0 Å². The molecule has 1 saturated carbocycles. The van der Waals surface area contributed by atoms with Gasteiger partial charge in [-0.25, -0.2) is 0 Å². The fourth-order valence-corrected chi connectivity index (χ4v) is 2.46. The maximum Gasteiger partial charge on any atom is 0.251 e. The fourth-order valence-electron chi connectivity index (χ4n) is 2.29. The highest BCUT2D eigenvalue weighted by Crippen LogP contribution is 2.27. The summed E-state index contributed by atoms with van der Waals surface area (Å²) in [5.74, 6) is -0.113. The van der Waals surface area contributed by atoms with E-state index in [1.54, 1.807) is 25.2 Å². The Kier molecular flexibility index (Phi) is 4.09. The second-order valence-corrected chi connectivity index (χ2v) is 5.10. The molecule has 4 N–H and O–H groups in total. The molecule has 1 aliphatic carbocycles. The Morgan fingerprint density at radius 3 is 2.83 bits per heavy atom. The molecule has 18 heavy (non-hydrogen) atoms. The summed E-state index contributed by atoms with van der Waals surface area (Å²) in [5, 5.41) is 6.59. The van der Waals surface area contributed by atoms with Crippen molar-refractivity contribution in [2.75, 3.05) is 12.4 Å². The molecule has 1 fully saturated rings. The number of nitrogens with two attached hydrogens (primary N) is 1. The molecule has 4 nitrogen and oxygen atoms in total. The van der Waals surface area contributed by atoms with Crippen LogP contribution in [0.25, 0.3) is 0 Å². The van der Waals surface area contributed by atoms with Gasteiger partial charge in [-0.1, -0.05) is 11.6 Å². The lowest BCUT2D eigenvalue weighted by Gasteiger charge is -2.16. The van der Waals surface area contributed by atoms with E-state index in [4.69, 9.17) is 17.3 Å². The zero-order valence-electron chi connectivity index (χ0n) is 10.4. The Morgan fingerprint density at radius 1 is 1.44 bits per heavy atom. The molecular formula is C13H18ClN3O. The van der Waals surface area contributed by atoms with Crippen molar-refractivity contribution in [1.82, 2.24) is 5.32 Å². The first-order valence-corrected chi connectivity index (χ1v) is 6.51. The summed E-state index contributed by atoms with van der Waals surface area (Å²) in [5.41, 5.74) is 7.29. The molecule has 0 radical (unpaired) electrons. The molecule has 0 aromatic heterocycles. The summed E-state index contributed by atoms with van der Waals surface area (Å²) >= 11 is 6.13. The van der Waals surface area contributed by atoms with E-state index in [-0.39, 0.29) is 11.9 Å². The van der Waals surface area contributed by atoms with Gasteiger partial charge in [0.15, 0.2) is 0 Å². The van der Waals surface area contributed by atoms with Crippen LogP contribution in [0.5, 0.6) is 0 Å². The number of anilines is 1. The highest BCUT2D eigenvalue weighted by Gasteiger charge is 2.22. The molecule has 2 rings (SSSR count). The number of amides is 1. The van der Waals surface area contributed by atoms with E-state index in [0.29, 0.717) is 16.6 Å². The number of nitrogens with one attached hydrogen (secondary N) is 2. The molecule has 0 spiro atoms. The molecular weight excluding hydrogens is 250 g/mol. The average Bonchev–Trinajstić information content (AvgIpc) is 2.76. The van der Waals surface area contributed by atoms with Crippen molar-refractivity contribution in [2.24, 2.45) is 5.73 Å². The maximum absolute atomic E-state index is 11.6. The minimum Gasteiger partial charge on any atom is -0.381 e. The summed E-state index contributed by atoms with van der Waals surface area (Å²) < 4.78 is 0. The van der Waals surface area contributed by atoms with Gasteiger partial charge in [0.25, 0.3) is 5.91 Å². The number of hydrogen-bond acceptors (Lipinski definition) is 3. The molecule has 1 aromatic rings. The van der Waals surface area contributed by atoms with Crippen LogP contribution < -0.4 is 16.4 Å². The average molecular weight is 268 g/mol. The molecule has 1 amide bonds. The van der Waals surface area contributed by atoms with Crippen LogP contribution in [0.3, 0.4) is 0 Å². The van der Waals surface area contributed by atoms with E-state index in [0.717, 1.165) is 24.9 Å². The van der Waals surface area contributed by atoms with Gasteiger partial charge in [0, 0.05) is 24.7 Å². The third kappa shape index (κ3) is 2.94. The first-order valence-electron chi connectivity index (χ1n) is 6.14. The summed E-state index contributed by atoms with van der Waals surface area (Å²) in [6.45, 7) is 0. The first-order chi connectivity index (χ1) is 8.60. The molecule has 0 saturated heterocycles. The lowest BCUT2D eigenvalue weighted by molar-refractivity contribution is 0.0963. The van der Waals surface area contributed by atoms with Gasteiger partial charge in [-0.2, -0.15) is 0 Å². The van der Waals surface area contributed by atoms with Gasteiger partial charge < -0.3 is 16.4 Å². The van der Waals surface area contributed by atoms with E-state index in [1.165, 1.54) is 0 Å². The molecule has 1 aliphatic rings. The monoisotopic (exact) mass is 267 g/mol. The van der Waals surface area contributed by atoms with E-state index in [1.807, 2.05) is 0 Å². The van der Waals surface area contributed by atoms with E-state index in [9.17, 15) is 4.79 Å². The molecule has 2 unspecified atom stereocenters. The fraction of sp³-hybridized carbons (Fsp3) is 0.462. The highest BCUT2D eigenvalue weighted by molar-refractivity contribution is 6.33. The minimum atomic E-state index is -0.113. The van der Waals surface area contributed by atoms with E-state index >= 15 is 0 Å². The number of halogens is 1. The van der Waals surface area contributed by atoms with Crippen molar-refractivity contribution in [3.05, 3.63) is 28.8 Å². The Hall–Kier alpha value is -1.26. The Balaban J connectivity index is 2.13. The Bertz CT molecular complexity index is 450. The lowest BCUT2D eigenvalue weighted by Crippen LogP contribution is -2.21. The third-order valence-electron chi connectivity index (χ3n) is 3.29. The second-order valence-electron chi connectivity index (χ2n) is 4.69. The normalized spacial score (nSPS) is 22.8. The molecule has 98 valence electrons. The van der Waals surface area contributed by atoms with E-state index < -0.39 is 0 Å². The van der Waals surface area contributed by atoms with Crippen LogP contribution in [0, 0.1) is 0 Å². The third-order valence-corrected chi connectivity index (χ3v) is 3.62. The number of benzene rings is 1. The number of rotatable bonds is 3. The summed E-state index contributed by atoms with van der Waals surface area (Å²) in [6, 6.07) is 5.85.